The first-order valence-corrected chi connectivity index (χ1v) is 6.04. The van der Waals surface area contributed by atoms with Crippen LogP contribution in [0.5, 0.6) is 0 Å². The van der Waals surface area contributed by atoms with E-state index in [9.17, 15) is 19.5 Å². The summed E-state index contributed by atoms with van der Waals surface area (Å²) in [5.74, 6) is -2.36. The monoisotopic (exact) mass is 260 g/mol. The van der Waals surface area contributed by atoms with E-state index in [0.29, 0.717) is 38.4 Å². The number of hydrogen-bond donors (Lipinski definition) is 3. The second-order valence-electron chi connectivity index (χ2n) is 4.29. The van der Waals surface area contributed by atoms with Crippen molar-refractivity contribution in [3.05, 3.63) is 0 Å². The molecule has 0 radical (unpaired) electrons. The third-order valence-electron chi connectivity index (χ3n) is 2.74. The van der Waals surface area contributed by atoms with E-state index in [1.165, 1.54) is 0 Å². The minimum atomic E-state index is -0.921. The van der Waals surface area contributed by atoms with Crippen LogP contribution in [0.25, 0.3) is 0 Å². The molecule has 0 rings (SSSR count). The molecule has 0 amide bonds. The molecule has 0 aromatic carbocycles. The lowest BCUT2D eigenvalue weighted by molar-refractivity contribution is -0.138. The van der Waals surface area contributed by atoms with Crippen molar-refractivity contribution in [2.45, 2.75) is 51.0 Å². The highest BCUT2D eigenvalue weighted by Gasteiger charge is 2.18. The maximum Gasteiger partial charge on any atom is 0.303 e. The van der Waals surface area contributed by atoms with E-state index in [1.54, 1.807) is 0 Å². The van der Waals surface area contributed by atoms with Crippen LogP contribution in [-0.2, 0) is 14.4 Å². The quantitative estimate of drug-likeness (QED) is 0.378. The fourth-order valence-electron chi connectivity index (χ4n) is 1.68. The number of hydrogen-bond acceptors (Lipinski definition) is 4. The average Bonchev–Trinajstić information content (AvgIpc) is 2.29. The molecule has 0 aliphatic rings. The van der Waals surface area contributed by atoms with Crippen molar-refractivity contribution in [3.63, 3.8) is 0 Å². The van der Waals surface area contributed by atoms with Crippen LogP contribution in [0.2, 0.25) is 0 Å². The summed E-state index contributed by atoms with van der Waals surface area (Å²) in [7, 11) is 0. The number of carbonyl (C=O) groups excluding carboxylic acids is 1. The van der Waals surface area contributed by atoms with Crippen LogP contribution in [0.3, 0.4) is 0 Å². The number of aldehydes is 1. The minimum Gasteiger partial charge on any atom is -0.481 e. The molecule has 0 saturated heterocycles. The third-order valence-corrected chi connectivity index (χ3v) is 2.74. The Labute approximate surface area is 106 Å². The zero-order valence-corrected chi connectivity index (χ0v) is 10.2. The zero-order chi connectivity index (χ0) is 14.0. The Balaban J connectivity index is 3.80. The van der Waals surface area contributed by atoms with Gasteiger partial charge in [-0.25, -0.2) is 0 Å². The Morgan fingerprint density at radius 1 is 0.944 bits per heavy atom. The fraction of sp³-hybridized carbons (Fsp3) is 0.750. The Bertz CT molecular complexity index is 276. The maximum absolute atomic E-state index is 10.8. The van der Waals surface area contributed by atoms with Gasteiger partial charge in [-0.1, -0.05) is 6.42 Å². The van der Waals surface area contributed by atoms with Crippen molar-refractivity contribution in [3.8, 4) is 0 Å². The Kier molecular flexibility index (Phi) is 8.82. The first kappa shape index (κ1) is 16.6. The number of unbranched alkanes of at least 4 members (excludes halogenated alkanes) is 1. The topological polar surface area (TPSA) is 112 Å². The molecule has 0 fully saturated rings. The first-order valence-electron chi connectivity index (χ1n) is 6.04. The van der Waals surface area contributed by atoms with Gasteiger partial charge >= 0.3 is 11.9 Å². The summed E-state index contributed by atoms with van der Waals surface area (Å²) in [6.07, 6.45) is 1.93. The SMILES string of the molecule is O=CC(CCCC(=O)O)C(O)CCCCC(=O)O. The molecule has 0 aromatic rings. The molecule has 0 aromatic heterocycles. The smallest absolute Gasteiger partial charge is 0.303 e. The number of aliphatic hydroxyl groups is 1. The lowest BCUT2D eigenvalue weighted by atomic mass is 9.93. The van der Waals surface area contributed by atoms with E-state index in [-0.39, 0.29) is 12.8 Å². The summed E-state index contributed by atoms with van der Waals surface area (Å²) in [6, 6.07) is 0. The van der Waals surface area contributed by atoms with E-state index < -0.39 is 24.0 Å². The number of rotatable bonds is 11. The summed E-state index contributed by atoms with van der Waals surface area (Å²) in [5, 5.41) is 26.6. The molecule has 2 atom stereocenters. The van der Waals surface area contributed by atoms with Crippen LogP contribution >= 0.6 is 0 Å². The molecule has 3 N–H and O–H groups in total. The van der Waals surface area contributed by atoms with E-state index >= 15 is 0 Å². The summed E-state index contributed by atoms with van der Waals surface area (Å²) in [5.41, 5.74) is 0. The number of carboxylic acids is 2. The first-order chi connectivity index (χ1) is 8.47. The van der Waals surface area contributed by atoms with Crippen LogP contribution in [0.4, 0.5) is 0 Å². The number of carbonyl (C=O) groups is 3. The van der Waals surface area contributed by atoms with Gasteiger partial charge in [-0.3, -0.25) is 9.59 Å². The highest BCUT2D eigenvalue weighted by molar-refractivity contribution is 5.67. The second-order valence-corrected chi connectivity index (χ2v) is 4.29. The third kappa shape index (κ3) is 8.69. The van der Waals surface area contributed by atoms with Crippen LogP contribution < -0.4 is 0 Å². The largest absolute Gasteiger partial charge is 0.481 e. The van der Waals surface area contributed by atoms with Crippen molar-refractivity contribution in [1.29, 1.82) is 0 Å². The van der Waals surface area contributed by atoms with E-state index in [0.717, 1.165) is 0 Å². The van der Waals surface area contributed by atoms with Gasteiger partial charge in [-0.15, -0.1) is 0 Å². The summed E-state index contributed by atoms with van der Waals surface area (Å²) in [4.78, 5) is 31.3. The average molecular weight is 260 g/mol. The van der Waals surface area contributed by atoms with Crippen LogP contribution in [0.15, 0.2) is 0 Å². The van der Waals surface area contributed by atoms with Gasteiger partial charge in [0.1, 0.15) is 6.29 Å². The molecule has 0 bridgehead atoms. The highest BCUT2D eigenvalue weighted by atomic mass is 16.4. The predicted molar refractivity (Wildman–Crippen MR) is 63.2 cm³/mol. The molecule has 2 unspecified atom stereocenters. The van der Waals surface area contributed by atoms with Gasteiger partial charge in [0.05, 0.1) is 6.10 Å². The van der Waals surface area contributed by atoms with E-state index in [2.05, 4.69) is 0 Å². The van der Waals surface area contributed by atoms with Gasteiger partial charge in [0.25, 0.3) is 0 Å². The molecule has 0 aliphatic carbocycles. The van der Waals surface area contributed by atoms with Crippen molar-refractivity contribution in [2.24, 2.45) is 5.92 Å². The summed E-state index contributed by atoms with van der Waals surface area (Å²) < 4.78 is 0. The predicted octanol–water partition coefficient (Wildman–Crippen LogP) is 1.06. The van der Waals surface area contributed by atoms with Crippen molar-refractivity contribution >= 4 is 18.2 Å². The summed E-state index contributed by atoms with van der Waals surface area (Å²) in [6.45, 7) is 0. The van der Waals surface area contributed by atoms with E-state index in [1.807, 2.05) is 0 Å². The molecule has 0 saturated carbocycles. The van der Waals surface area contributed by atoms with Crippen molar-refractivity contribution in [1.82, 2.24) is 0 Å². The second kappa shape index (κ2) is 9.58. The van der Waals surface area contributed by atoms with Crippen LogP contribution in [0.1, 0.15) is 44.9 Å². The Hall–Kier alpha value is -1.43. The lowest BCUT2D eigenvalue weighted by Crippen LogP contribution is -2.22. The van der Waals surface area contributed by atoms with Crippen molar-refractivity contribution < 1.29 is 29.7 Å². The lowest BCUT2D eigenvalue weighted by Gasteiger charge is -2.16. The molecule has 0 aliphatic heterocycles. The maximum atomic E-state index is 10.8. The molecule has 104 valence electrons. The van der Waals surface area contributed by atoms with E-state index in [4.69, 9.17) is 10.2 Å². The number of carboxylic acid groups (broad SMARTS) is 2. The van der Waals surface area contributed by atoms with Gasteiger partial charge in [-0.05, 0) is 25.7 Å². The van der Waals surface area contributed by atoms with Crippen LogP contribution in [0, 0.1) is 5.92 Å². The fourth-order valence-corrected chi connectivity index (χ4v) is 1.68. The van der Waals surface area contributed by atoms with Gasteiger partial charge in [0, 0.05) is 18.8 Å². The summed E-state index contributed by atoms with van der Waals surface area (Å²) >= 11 is 0. The number of aliphatic hydroxyl groups excluding tert-OH is 1. The molecule has 6 heteroatoms. The molecule has 0 spiro atoms. The minimum absolute atomic E-state index is 0.0178. The standard InChI is InChI=1S/C12H20O6/c13-8-9(4-3-7-12(17)18)10(14)5-1-2-6-11(15)16/h8-10,14H,1-7H2,(H,15,16)(H,17,18). The zero-order valence-electron chi connectivity index (χ0n) is 10.2. The van der Waals surface area contributed by atoms with Gasteiger partial charge < -0.3 is 20.1 Å². The van der Waals surface area contributed by atoms with Gasteiger partial charge in [0.2, 0.25) is 0 Å². The Morgan fingerprint density at radius 2 is 1.50 bits per heavy atom. The molecule has 18 heavy (non-hydrogen) atoms. The van der Waals surface area contributed by atoms with Crippen LogP contribution in [-0.4, -0.2) is 39.6 Å². The Morgan fingerprint density at radius 3 is 2.00 bits per heavy atom. The van der Waals surface area contributed by atoms with Gasteiger partial charge in [-0.2, -0.15) is 0 Å². The highest BCUT2D eigenvalue weighted by Crippen LogP contribution is 2.16. The molecular weight excluding hydrogens is 240 g/mol. The molecule has 0 heterocycles. The number of aliphatic carboxylic acids is 2. The molecule has 6 nitrogen and oxygen atoms in total. The van der Waals surface area contributed by atoms with Crippen molar-refractivity contribution in [2.75, 3.05) is 0 Å². The normalized spacial score (nSPS) is 13.8. The van der Waals surface area contributed by atoms with Gasteiger partial charge in [0.15, 0.2) is 0 Å². The molecular formula is C12H20O6.